The van der Waals surface area contributed by atoms with Gasteiger partial charge in [0.2, 0.25) is 0 Å². The van der Waals surface area contributed by atoms with Crippen molar-refractivity contribution in [1.82, 2.24) is 5.43 Å². The van der Waals surface area contributed by atoms with Crippen LogP contribution in [0.3, 0.4) is 0 Å². The number of halogens is 3. The first-order valence-electron chi connectivity index (χ1n) is 6.21. The lowest BCUT2D eigenvalue weighted by Gasteiger charge is -2.45. The molecule has 0 amide bonds. The van der Waals surface area contributed by atoms with Crippen molar-refractivity contribution in [3.8, 4) is 0 Å². The summed E-state index contributed by atoms with van der Waals surface area (Å²) in [5.41, 5.74) is 1.48. The Labute approximate surface area is 104 Å². The average Bonchev–Trinajstić information content (AvgIpc) is 2.29. The molecule has 0 saturated carbocycles. The van der Waals surface area contributed by atoms with Crippen molar-refractivity contribution in [2.75, 3.05) is 19.8 Å². The lowest BCUT2D eigenvalue weighted by molar-refractivity contribution is -0.197. The molecule has 4 nitrogen and oxygen atoms in total. The van der Waals surface area contributed by atoms with Crippen molar-refractivity contribution in [2.24, 2.45) is 11.8 Å². The quantitative estimate of drug-likeness (QED) is 0.586. The maximum atomic E-state index is 12.9. The van der Waals surface area contributed by atoms with Gasteiger partial charge in [-0.05, 0) is 31.6 Å². The van der Waals surface area contributed by atoms with Crippen LogP contribution in [0.5, 0.6) is 0 Å². The van der Waals surface area contributed by atoms with Gasteiger partial charge in [-0.25, -0.2) is 5.43 Å². The number of hydrazine groups is 1. The SMILES string of the molecule is NNC(C1CCOC2(CCOCC2)C1)C(F)(F)F. The highest BCUT2D eigenvalue weighted by molar-refractivity contribution is 4.94. The topological polar surface area (TPSA) is 56.5 Å². The molecule has 2 unspecified atom stereocenters. The molecule has 0 aromatic carbocycles. The monoisotopic (exact) mass is 268 g/mol. The fourth-order valence-corrected chi connectivity index (χ4v) is 2.94. The first-order chi connectivity index (χ1) is 8.47. The van der Waals surface area contributed by atoms with Crippen LogP contribution in [0.4, 0.5) is 13.2 Å². The number of hydrogen-bond donors (Lipinski definition) is 2. The predicted octanol–water partition coefficient (Wildman–Crippen LogP) is 1.36. The number of nitrogens with two attached hydrogens (primary N) is 1. The van der Waals surface area contributed by atoms with E-state index >= 15 is 0 Å². The predicted molar refractivity (Wildman–Crippen MR) is 58.6 cm³/mol. The van der Waals surface area contributed by atoms with Gasteiger partial charge in [-0.1, -0.05) is 0 Å². The van der Waals surface area contributed by atoms with Crippen LogP contribution in [0.15, 0.2) is 0 Å². The summed E-state index contributed by atoms with van der Waals surface area (Å²) in [4.78, 5) is 0. The van der Waals surface area contributed by atoms with Gasteiger partial charge in [0, 0.05) is 19.8 Å². The van der Waals surface area contributed by atoms with E-state index in [-0.39, 0.29) is 0 Å². The van der Waals surface area contributed by atoms with E-state index in [1.165, 1.54) is 0 Å². The van der Waals surface area contributed by atoms with Gasteiger partial charge in [0.05, 0.1) is 5.60 Å². The molecule has 18 heavy (non-hydrogen) atoms. The molecule has 2 rings (SSSR count). The summed E-state index contributed by atoms with van der Waals surface area (Å²) < 4.78 is 49.5. The Morgan fingerprint density at radius 1 is 1.22 bits per heavy atom. The summed E-state index contributed by atoms with van der Waals surface area (Å²) in [5, 5.41) is 0. The van der Waals surface area contributed by atoms with Crippen LogP contribution >= 0.6 is 0 Å². The van der Waals surface area contributed by atoms with Crippen LogP contribution in [-0.2, 0) is 9.47 Å². The van der Waals surface area contributed by atoms with E-state index in [9.17, 15) is 13.2 Å². The molecule has 0 aromatic heterocycles. The van der Waals surface area contributed by atoms with E-state index in [0.29, 0.717) is 45.5 Å². The minimum Gasteiger partial charge on any atom is -0.381 e. The first-order valence-corrected chi connectivity index (χ1v) is 6.21. The minimum atomic E-state index is -4.32. The van der Waals surface area contributed by atoms with Crippen LogP contribution in [0.25, 0.3) is 0 Å². The van der Waals surface area contributed by atoms with E-state index in [4.69, 9.17) is 15.3 Å². The number of ether oxygens (including phenoxy) is 2. The molecule has 2 saturated heterocycles. The zero-order chi connectivity index (χ0) is 13.2. The molecule has 2 aliphatic heterocycles. The lowest BCUT2D eigenvalue weighted by atomic mass is 9.77. The maximum Gasteiger partial charge on any atom is 0.405 e. The molecule has 3 N–H and O–H groups in total. The van der Waals surface area contributed by atoms with E-state index in [2.05, 4.69) is 0 Å². The highest BCUT2D eigenvalue weighted by Gasteiger charge is 2.49. The Morgan fingerprint density at radius 2 is 1.89 bits per heavy atom. The Hall–Kier alpha value is -0.370. The van der Waals surface area contributed by atoms with Crippen LogP contribution < -0.4 is 11.3 Å². The summed E-state index contributed by atoms with van der Waals surface area (Å²) in [6.07, 6.45) is -2.21. The highest BCUT2D eigenvalue weighted by Crippen LogP contribution is 2.41. The van der Waals surface area contributed by atoms with Gasteiger partial charge in [-0.15, -0.1) is 0 Å². The number of alkyl halides is 3. The van der Waals surface area contributed by atoms with Crippen LogP contribution in [0.1, 0.15) is 25.7 Å². The number of rotatable bonds is 2. The van der Waals surface area contributed by atoms with Crippen molar-refractivity contribution in [2.45, 2.75) is 43.5 Å². The number of hydrogen-bond acceptors (Lipinski definition) is 4. The van der Waals surface area contributed by atoms with Gasteiger partial charge in [-0.2, -0.15) is 13.2 Å². The summed E-state index contributed by atoms with van der Waals surface area (Å²) in [6.45, 7) is 1.47. The number of nitrogens with one attached hydrogen (secondary N) is 1. The van der Waals surface area contributed by atoms with Crippen molar-refractivity contribution in [3.63, 3.8) is 0 Å². The molecule has 2 atom stereocenters. The molecule has 0 aromatic rings. The van der Waals surface area contributed by atoms with Crippen molar-refractivity contribution >= 4 is 0 Å². The van der Waals surface area contributed by atoms with Crippen molar-refractivity contribution in [3.05, 3.63) is 0 Å². The molecule has 2 fully saturated rings. The van der Waals surface area contributed by atoms with Gasteiger partial charge in [0.25, 0.3) is 0 Å². The second-order valence-corrected chi connectivity index (χ2v) is 5.08. The standard InChI is InChI=1S/C11H19F3N2O2/c12-11(13,14)9(16-15)8-1-4-18-10(7-8)2-5-17-6-3-10/h8-9,16H,1-7,15H2. The van der Waals surface area contributed by atoms with Gasteiger partial charge in [0.1, 0.15) is 6.04 Å². The second kappa shape index (κ2) is 5.32. The molecule has 106 valence electrons. The summed E-state index contributed by atoms with van der Waals surface area (Å²) in [5.74, 6) is 4.55. The third-order valence-corrected chi connectivity index (χ3v) is 3.94. The van der Waals surface area contributed by atoms with Gasteiger partial charge < -0.3 is 9.47 Å². The fourth-order valence-electron chi connectivity index (χ4n) is 2.94. The highest BCUT2D eigenvalue weighted by atomic mass is 19.4. The molecular formula is C11H19F3N2O2. The lowest BCUT2D eigenvalue weighted by Crippen LogP contribution is -2.55. The molecule has 0 radical (unpaired) electrons. The normalized spacial score (nSPS) is 30.3. The van der Waals surface area contributed by atoms with Crippen LogP contribution in [0, 0.1) is 5.92 Å². The summed E-state index contributed by atoms with van der Waals surface area (Å²) in [6, 6.07) is -1.65. The van der Waals surface area contributed by atoms with Crippen LogP contribution in [0.2, 0.25) is 0 Å². The second-order valence-electron chi connectivity index (χ2n) is 5.08. The molecule has 7 heteroatoms. The smallest absolute Gasteiger partial charge is 0.381 e. The Morgan fingerprint density at radius 3 is 2.44 bits per heavy atom. The first kappa shape index (κ1) is 14.0. The largest absolute Gasteiger partial charge is 0.405 e. The third-order valence-electron chi connectivity index (χ3n) is 3.94. The Bertz CT molecular complexity index is 274. The summed E-state index contributed by atoms with van der Waals surface area (Å²) >= 11 is 0. The molecule has 0 aliphatic carbocycles. The minimum absolute atomic E-state index is 0.360. The molecule has 2 aliphatic rings. The average molecular weight is 268 g/mol. The van der Waals surface area contributed by atoms with Gasteiger partial charge in [0.15, 0.2) is 0 Å². The molecule has 0 bridgehead atoms. The van der Waals surface area contributed by atoms with Gasteiger partial charge >= 0.3 is 6.18 Å². The molecule has 1 spiro atoms. The third kappa shape index (κ3) is 2.96. The zero-order valence-electron chi connectivity index (χ0n) is 10.1. The van der Waals surface area contributed by atoms with E-state index in [1.54, 1.807) is 0 Å². The van der Waals surface area contributed by atoms with Crippen molar-refractivity contribution in [1.29, 1.82) is 0 Å². The summed E-state index contributed by atoms with van der Waals surface area (Å²) in [7, 11) is 0. The van der Waals surface area contributed by atoms with E-state index in [1.807, 2.05) is 5.43 Å². The van der Waals surface area contributed by atoms with E-state index < -0.39 is 23.7 Å². The Balaban J connectivity index is 2.05. The Kier molecular flexibility index (Phi) is 4.15. The van der Waals surface area contributed by atoms with Crippen LogP contribution in [-0.4, -0.2) is 37.6 Å². The van der Waals surface area contributed by atoms with Crippen molar-refractivity contribution < 1.29 is 22.6 Å². The zero-order valence-corrected chi connectivity index (χ0v) is 10.1. The van der Waals surface area contributed by atoms with Gasteiger partial charge in [-0.3, -0.25) is 5.84 Å². The fraction of sp³-hybridized carbons (Fsp3) is 1.00. The maximum absolute atomic E-state index is 12.9. The molecule has 2 heterocycles. The van der Waals surface area contributed by atoms with E-state index in [0.717, 1.165) is 0 Å². The molecular weight excluding hydrogens is 249 g/mol.